The fraction of sp³-hybridized carbons (Fsp3) is 0.559. The second-order valence-corrected chi connectivity index (χ2v) is 13.5. The first-order valence-corrected chi connectivity index (χ1v) is 14.5. The first-order chi connectivity index (χ1) is 18.1. The standard InChI is InChI=1S/C34H42O4/c1-33(2,3)21-23(16-18-35)19-22-5-7-24(8-6-22)32(37)38-26-10-12-27-25(20-26)9-11-29-28(27)15-17-34(4)30(29)13-14-31(34)36/h5-8,10,12,18,20,23,28-30H,9,11,13-17,19,21H2,1-4H3/t23?,28-,29-,30+,34+/m1/s1. The number of fused-ring (bicyclic) bond motifs is 5. The van der Waals surface area contributed by atoms with Crippen molar-refractivity contribution in [2.24, 2.45) is 28.6 Å². The van der Waals surface area contributed by atoms with Crippen LogP contribution in [0.3, 0.4) is 0 Å². The molecular formula is C34H42O4. The number of esters is 1. The molecule has 0 bridgehead atoms. The summed E-state index contributed by atoms with van der Waals surface area (Å²) in [5, 5.41) is 0. The van der Waals surface area contributed by atoms with Crippen molar-refractivity contribution in [2.45, 2.75) is 91.4 Å². The van der Waals surface area contributed by atoms with Gasteiger partial charge in [0, 0.05) is 18.3 Å². The summed E-state index contributed by atoms with van der Waals surface area (Å²) in [6.45, 7) is 8.81. The van der Waals surface area contributed by atoms with Gasteiger partial charge in [-0.1, -0.05) is 45.9 Å². The largest absolute Gasteiger partial charge is 0.423 e. The number of Topliss-reactive ketones (excluding diaryl/α,β-unsaturated/α-hetero) is 1. The van der Waals surface area contributed by atoms with Crippen LogP contribution in [-0.4, -0.2) is 18.0 Å². The molecule has 0 aliphatic heterocycles. The van der Waals surface area contributed by atoms with E-state index in [2.05, 4.69) is 39.8 Å². The summed E-state index contributed by atoms with van der Waals surface area (Å²) >= 11 is 0. The van der Waals surface area contributed by atoms with Crippen LogP contribution in [-0.2, 0) is 22.4 Å². The highest BCUT2D eigenvalue weighted by Gasteiger charge is 2.54. The van der Waals surface area contributed by atoms with Crippen LogP contribution < -0.4 is 4.74 Å². The summed E-state index contributed by atoms with van der Waals surface area (Å²) in [7, 11) is 0. The smallest absolute Gasteiger partial charge is 0.343 e. The molecule has 2 aromatic carbocycles. The molecule has 0 aromatic heterocycles. The highest BCUT2D eigenvalue weighted by Crippen LogP contribution is 2.59. The molecule has 5 rings (SSSR count). The minimum Gasteiger partial charge on any atom is -0.423 e. The van der Waals surface area contributed by atoms with E-state index in [-0.39, 0.29) is 16.8 Å². The lowest BCUT2D eigenvalue weighted by Gasteiger charge is -2.48. The summed E-state index contributed by atoms with van der Waals surface area (Å²) in [5.41, 5.74) is 4.42. The van der Waals surface area contributed by atoms with E-state index in [9.17, 15) is 14.4 Å². The Morgan fingerprint density at radius 2 is 1.84 bits per heavy atom. The van der Waals surface area contributed by atoms with Crippen molar-refractivity contribution >= 4 is 18.0 Å². The van der Waals surface area contributed by atoms with Crippen molar-refractivity contribution in [1.29, 1.82) is 0 Å². The topological polar surface area (TPSA) is 60.4 Å². The maximum absolute atomic E-state index is 12.9. The minimum atomic E-state index is -0.345. The molecule has 0 saturated heterocycles. The Morgan fingerprint density at radius 3 is 2.55 bits per heavy atom. The maximum atomic E-state index is 12.9. The van der Waals surface area contributed by atoms with Gasteiger partial charge in [0.25, 0.3) is 0 Å². The lowest BCUT2D eigenvalue weighted by molar-refractivity contribution is -0.129. The predicted molar refractivity (Wildman–Crippen MR) is 149 cm³/mol. The molecule has 2 fully saturated rings. The predicted octanol–water partition coefficient (Wildman–Crippen LogP) is 7.51. The Morgan fingerprint density at radius 1 is 1.08 bits per heavy atom. The Bertz CT molecular complexity index is 1200. The molecule has 2 saturated carbocycles. The summed E-state index contributed by atoms with van der Waals surface area (Å²) < 4.78 is 5.80. The maximum Gasteiger partial charge on any atom is 0.343 e. The number of carbonyl (C=O) groups excluding carboxylic acids is 3. The van der Waals surface area contributed by atoms with Crippen molar-refractivity contribution in [2.75, 3.05) is 0 Å². The highest BCUT2D eigenvalue weighted by atomic mass is 16.5. The number of rotatable bonds is 7. The van der Waals surface area contributed by atoms with Gasteiger partial charge in [-0.3, -0.25) is 4.79 Å². The third-order valence-corrected chi connectivity index (χ3v) is 9.66. The van der Waals surface area contributed by atoms with E-state index >= 15 is 0 Å². The van der Waals surface area contributed by atoms with E-state index in [1.807, 2.05) is 30.3 Å². The van der Waals surface area contributed by atoms with Crippen LogP contribution in [0.15, 0.2) is 42.5 Å². The van der Waals surface area contributed by atoms with Crippen LogP contribution in [0.2, 0.25) is 0 Å². The number of aryl methyl sites for hydroxylation is 1. The number of hydrogen-bond donors (Lipinski definition) is 0. The number of benzene rings is 2. The third kappa shape index (κ3) is 5.37. The summed E-state index contributed by atoms with van der Waals surface area (Å²) in [4.78, 5) is 36.7. The molecule has 3 aliphatic carbocycles. The zero-order valence-corrected chi connectivity index (χ0v) is 23.4. The first-order valence-electron chi connectivity index (χ1n) is 14.5. The van der Waals surface area contributed by atoms with Gasteiger partial charge in [0.2, 0.25) is 0 Å². The van der Waals surface area contributed by atoms with E-state index in [1.54, 1.807) is 0 Å². The Labute approximate surface area is 227 Å². The number of ketones is 1. The number of ether oxygens (including phenoxy) is 1. The molecular weight excluding hydrogens is 472 g/mol. The average molecular weight is 515 g/mol. The zero-order valence-electron chi connectivity index (χ0n) is 23.4. The molecule has 0 heterocycles. The fourth-order valence-corrected chi connectivity index (χ4v) is 7.91. The molecule has 202 valence electrons. The molecule has 2 aromatic rings. The fourth-order valence-electron chi connectivity index (χ4n) is 7.91. The van der Waals surface area contributed by atoms with E-state index < -0.39 is 0 Å². The Balaban J connectivity index is 1.23. The van der Waals surface area contributed by atoms with Crippen LogP contribution in [0.25, 0.3) is 0 Å². The molecule has 4 nitrogen and oxygen atoms in total. The third-order valence-electron chi connectivity index (χ3n) is 9.66. The highest BCUT2D eigenvalue weighted by molar-refractivity contribution is 5.91. The van der Waals surface area contributed by atoms with Crippen molar-refractivity contribution in [3.8, 4) is 5.75 Å². The van der Waals surface area contributed by atoms with Crippen molar-refractivity contribution in [3.05, 3.63) is 64.7 Å². The average Bonchev–Trinajstić information content (AvgIpc) is 3.17. The summed E-state index contributed by atoms with van der Waals surface area (Å²) in [5.74, 6) is 2.66. The van der Waals surface area contributed by atoms with Crippen molar-refractivity contribution in [3.63, 3.8) is 0 Å². The number of carbonyl (C=O) groups is 3. The van der Waals surface area contributed by atoms with E-state index in [4.69, 9.17) is 4.74 Å². The summed E-state index contributed by atoms with van der Waals surface area (Å²) in [6.07, 6.45) is 9.35. The van der Waals surface area contributed by atoms with Gasteiger partial charge in [-0.25, -0.2) is 4.79 Å². The quantitative estimate of drug-likeness (QED) is 0.218. The summed E-state index contributed by atoms with van der Waals surface area (Å²) in [6, 6.07) is 13.8. The van der Waals surface area contributed by atoms with Crippen LogP contribution in [0.5, 0.6) is 5.75 Å². The van der Waals surface area contributed by atoms with E-state index in [0.717, 1.165) is 63.2 Å². The molecule has 5 atom stereocenters. The molecule has 4 heteroatoms. The van der Waals surface area contributed by atoms with Gasteiger partial charge in [-0.05, 0) is 115 Å². The van der Waals surface area contributed by atoms with E-state index in [0.29, 0.717) is 47.2 Å². The van der Waals surface area contributed by atoms with Gasteiger partial charge in [0.1, 0.15) is 17.8 Å². The second kappa shape index (κ2) is 10.4. The molecule has 38 heavy (non-hydrogen) atoms. The molecule has 0 amide bonds. The van der Waals surface area contributed by atoms with Gasteiger partial charge in [-0.15, -0.1) is 0 Å². The van der Waals surface area contributed by atoms with Gasteiger partial charge < -0.3 is 9.53 Å². The first kappa shape index (κ1) is 26.8. The SMILES string of the molecule is CC(C)(C)CC(CC=O)Cc1ccc(C(=O)Oc2ccc3c(c2)CC[C@@H]2[C@@H]3CC[C@]3(C)C(=O)CC[C@@H]23)cc1. The van der Waals surface area contributed by atoms with Crippen LogP contribution in [0.4, 0.5) is 0 Å². The van der Waals surface area contributed by atoms with E-state index in [1.165, 1.54) is 11.1 Å². The number of aldehydes is 1. The minimum absolute atomic E-state index is 0.105. The van der Waals surface area contributed by atoms with Gasteiger partial charge in [0.15, 0.2) is 0 Å². The molecule has 0 spiro atoms. The zero-order chi connectivity index (χ0) is 27.1. The molecule has 1 unspecified atom stereocenters. The lowest BCUT2D eigenvalue weighted by Crippen LogP contribution is -2.42. The lowest BCUT2D eigenvalue weighted by atomic mass is 9.55. The van der Waals surface area contributed by atoms with Crippen molar-refractivity contribution < 1.29 is 19.1 Å². The van der Waals surface area contributed by atoms with Crippen LogP contribution in [0, 0.1) is 28.6 Å². The molecule has 0 radical (unpaired) electrons. The normalized spacial score (nSPS) is 27.2. The van der Waals surface area contributed by atoms with Crippen LogP contribution >= 0.6 is 0 Å². The Hall–Kier alpha value is -2.75. The number of hydrogen-bond acceptors (Lipinski definition) is 4. The van der Waals surface area contributed by atoms with Crippen LogP contribution in [0.1, 0.15) is 106 Å². The monoisotopic (exact) mass is 514 g/mol. The van der Waals surface area contributed by atoms with Crippen molar-refractivity contribution in [1.82, 2.24) is 0 Å². The van der Waals surface area contributed by atoms with Gasteiger partial charge >= 0.3 is 5.97 Å². The van der Waals surface area contributed by atoms with Gasteiger partial charge in [-0.2, -0.15) is 0 Å². The second-order valence-electron chi connectivity index (χ2n) is 13.5. The molecule has 0 N–H and O–H groups in total. The molecule has 3 aliphatic rings. The van der Waals surface area contributed by atoms with Gasteiger partial charge in [0.05, 0.1) is 5.56 Å². The Kier molecular flexibility index (Phi) is 7.37.